The first kappa shape index (κ1) is 20.0. The summed E-state index contributed by atoms with van der Waals surface area (Å²) in [4.78, 5) is 18.7. The van der Waals surface area contributed by atoms with Gasteiger partial charge < -0.3 is 0 Å². The SMILES string of the molecule is O=C(c1ccccn1)c1cc(S(F)(F)(F)(F)F)nc2c(C(F)(F)F)cccc12.[HH]. The molecular formula is C16H10F8N2OS. The summed E-state index contributed by atoms with van der Waals surface area (Å²) in [6.07, 6.45) is -4.07. The predicted molar refractivity (Wildman–Crippen MR) is 87.9 cm³/mol. The van der Waals surface area contributed by atoms with Crippen LogP contribution >= 0.6 is 10.2 Å². The third kappa shape index (κ3) is 3.77. The van der Waals surface area contributed by atoms with Crippen molar-refractivity contribution in [1.82, 2.24) is 9.97 Å². The molecule has 28 heavy (non-hydrogen) atoms. The van der Waals surface area contributed by atoms with Crippen molar-refractivity contribution < 1.29 is 38.8 Å². The lowest BCUT2D eigenvalue weighted by Gasteiger charge is -2.39. The first-order valence-corrected chi connectivity index (χ1v) is 9.24. The third-order valence-electron chi connectivity index (χ3n) is 3.66. The summed E-state index contributed by atoms with van der Waals surface area (Å²) in [7, 11) is -10.5. The second-order valence-electron chi connectivity index (χ2n) is 5.72. The topological polar surface area (TPSA) is 42.9 Å². The molecule has 0 aliphatic carbocycles. The largest absolute Gasteiger partial charge is 0.418 e. The maximum Gasteiger partial charge on any atom is 0.418 e. The lowest BCUT2D eigenvalue weighted by Crippen LogP contribution is -2.15. The number of rotatable bonds is 3. The fourth-order valence-electron chi connectivity index (χ4n) is 2.47. The molecule has 0 saturated carbocycles. The van der Waals surface area contributed by atoms with Crippen molar-refractivity contribution in [2.45, 2.75) is 11.2 Å². The van der Waals surface area contributed by atoms with Crippen molar-refractivity contribution in [3.8, 4) is 0 Å². The van der Waals surface area contributed by atoms with E-state index in [0.717, 1.165) is 24.4 Å². The average molecular weight is 430 g/mol. The highest BCUT2D eigenvalue weighted by Crippen LogP contribution is 3.01. The Bertz CT molecular complexity index is 1100. The van der Waals surface area contributed by atoms with Gasteiger partial charge in [-0.05, 0) is 24.3 Å². The van der Waals surface area contributed by atoms with Crippen LogP contribution in [0.25, 0.3) is 10.9 Å². The molecule has 0 radical (unpaired) electrons. The van der Waals surface area contributed by atoms with Crippen molar-refractivity contribution in [2.24, 2.45) is 0 Å². The summed E-state index contributed by atoms with van der Waals surface area (Å²) in [5, 5.41) is -3.49. The zero-order valence-electron chi connectivity index (χ0n) is 13.4. The second-order valence-corrected chi connectivity index (χ2v) is 8.08. The number of carbonyl (C=O) groups is 1. The molecule has 0 amide bonds. The summed E-state index contributed by atoms with van der Waals surface area (Å²) in [6.45, 7) is 0. The number of carbonyl (C=O) groups excluding carboxylic acids is 1. The smallest absolute Gasteiger partial charge is 0.287 e. The van der Waals surface area contributed by atoms with Crippen LogP contribution in [0.15, 0.2) is 53.7 Å². The molecule has 3 aromatic rings. The molecule has 0 bridgehead atoms. The quantitative estimate of drug-likeness (QED) is 0.340. The standard InChI is InChI=1S/C16H8F8N2OS.H2/c17-16(18,19)11-5-3-4-9-10(15(27)12-6-1-2-7-25-12)8-13(26-14(9)11)28(20,21,22,23)24;/h1-8H;1H. The molecule has 0 saturated heterocycles. The van der Waals surface area contributed by atoms with E-state index in [1.807, 2.05) is 0 Å². The molecule has 0 spiro atoms. The lowest BCUT2D eigenvalue weighted by molar-refractivity contribution is -0.136. The molecule has 0 aliphatic heterocycles. The molecule has 0 unspecified atom stereocenters. The molecule has 0 atom stereocenters. The highest BCUT2D eigenvalue weighted by atomic mass is 32.5. The van der Waals surface area contributed by atoms with Crippen LogP contribution in [0.4, 0.5) is 32.6 Å². The summed E-state index contributed by atoms with van der Waals surface area (Å²) >= 11 is 0. The summed E-state index contributed by atoms with van der Waals surface area (Å²) < 4.78 is 106. The van der Waals surface area contributed by atoms with E-state index in [2.05, 4.69) is 9.97 Å². The van der Waals surface area contributed by atoms with Gasteiger partial charge in [0, 0.05) is 18.6 Å². The first-order chi connectivity index (χ1) is 12.6. The van der Waals surface area contributed by atoms with Gasteiger partial charge in [-0.15, -0.1) is 0 Å². The van der Waals surface area contributed by atoms with Gasteiger partial charge in [0.1, 0.15) is 5.69 Å². The maximum atomic E-state index is 13.3. The van der Waals surface area contributed by atoms with Crippen molar-refractivity contribution in [3.63, 3.8) is 0 Å². The summed E-state index contributed by atoms with van der Waals surface area (Å²) in [5.74, 6) is -1.25. The van der Waals surface area contributed by atoms with E-state index in [4.69, 9.17) is 0 Å². The van der Waals surface area contributed by atoms with Gasteiger partial charge in [0.15, 0.2) is 5.03 Å². The second kappa shape index (κ2) is 5.40. The van der Waals surface area contributed by atoms with Crippen LogP contribution in [0.3, 0.4) is 0 Å². The Labute approximate surface area is 153 Å². The van der Waals surface area contributed by atoms with Gasteiger partial charge in [0.2, 0.25) is 5.78 Å². The minimum absolute atomic E-state index is 0. The van der Waals surface area contributed by atoms with Crippen molar-refractivity contribution in [2.75, 3.05) is 0 Å². The normalized spacial score (nSPS) is 15.1. The van der Waals surface area contributed by atoms with Gasteiger partial charge in [0.25, 0.3) is 0 Å². The van der Waals surface area contributed by atoms with Crippen LogP contribution in [-0.2, 0) is 6.18 Å². The molecule has 0 fully saturated rings. The molecule has 1 aromatic carbocycles. The number of benzene rings is 1. The Balaban J connectivity index is 0.00000300. The number of fused-ring (bicyclic) bond motifs is 1. The lowest BCUT2D eigenvalue weighted by atomic mass is 10.0. The predicted octanol–water partition coefficient (Wildman–Crippen LogP) is 6.78. The summed E-state index contributed by atoms with van der Waals surface area (Å²) in [5.41, 5.74) is -4.53. The fourth-order valence-corrected chi connectivity index (χ4v) is 3.08. The van der Waals surface area contributed by atoms with Crippen LogP contribution in [-0.4, -0.2) is 15.8 Å². The Morgan fingerprint density at radius 3 is 2.18 bits per heavy atom. The number of nitrogens with zero attached hydrogens (tertiary/aromatic N) is 2. The Hall–Kier alpha value is -2.76. The monoisotopic (exact) mass is 430 g/mol. The van der Waals surface area contributed by atoms with Gasteiger partial charge in [-0.2, -0.15) is 13.2 Å². The minimum Gasteiger partial charge on any atom is -0.287 e. The minimum atomic E-state index is -10.5. The number of aromatic nitrogens is 2. The van der Waals surface area contributed by atoms with Gasteiger partial charge in [-0.1, -0.05) is 37.6 Å². The third-order valence-corrected chi connectivity index (χ3v) is 4.66. The number of hydrogen-bond acceptors (Lipinski definition) is 3. The molecule has 0 N–H and O–H groups in total. The van der Waals surface area contributed by atoms with Crippen molar-refractivity contribution >= 4 is 26.9 Å². The van der Waals surface area contributed by atoms with Crippen LogP contribution < -0.4 is 0 Å². The van der Waals surface area contributed by atoms with Gasteiger partial charge in [-0.25, -0.2) is 4.98 Å². The van der Waals surface area contributed by atoms with E-state index in [1.54, 1.807) is 0 Å². The van der Waals surface area contributed by atoms with E-state index in [9.17, 15) is 37.4 Å². The molecule has 2 heterocycles. The number of hydrogen-bond donors (Lipinski definition) is 0. The molecule has 3 nitrogen and oxygen atoms in total. The van der Waals surface area contributed by atoms with E-state index in [-0.39, 0.29) is 7.49 Å². The van der Waals surface area contributed by atoms with E-state index in [1.165, 1.54) is 12.1 Å². The number of halogens is 8. The fraction of sp³-hybridized carbons (Fsp3) is 0.0625. The van der Waals surface area contributed by atoms with Crippen LogP contribution in [0.1, 0.15) is 23.0 Å². The van der Waals surface area contributed by atoms with Gasteiger partial charge >= 0.3 is 16.4 Å². The Morgan fingerprint density at radius 2 is 1.64 bits per heavy atom. The van der Waals surface area contributed by atoms with Crippen molar-refractivity contribution in [3.05, 3.63) is 65.5 Å². The molecule has 0 aliphatic rings. The van der Waals surface area contributed by atoms with Crippen LogP contribution in [0.2, 0.25) is 0 Å². The maximum absolute atomic E-state index is 13.3. The van der Waals surface area contributed by atoms with Gasteiger partial charge in [-0.3, -0.25) is 9.78 Å². The van der Waals surface area contributed by atoms with Crippen LogP contribution in [0, 0.1) is 0 Å². The van der Waals surface area contributed by atoms with E-state index in [0.29, 0.717) is 6.07 Å². The Kier molecular flexibility index (Phi) is 3.85. The van der Waals surface area contributed by atoms with Crippen molar-refractivity contribution in [1.29, 1.82) is 0 Å². The zero-order chi connectivity index (χ0) is 21.0. The first-order valence-electron chi connectivity index (χ1n) is 7.29. The average Bonchev–Trinajstić information content (AvgIpc) is 2.57. The number of alkyl halides is 3. The number of pyridine rings is 2. The highest BCUT2D eigenvalue weighted by molar-refractivity contribution is 8.45. The zero-order valence-corrected chi connectivity index (χ0v) is 14.2. The molecule has 12 heteroatoms. The van der Waals surface area contributed by atoms with E-state index < -0.39 is 54.9 Å². The number of ketones is 1. The highest BCUT2D eigenvalue weighted by Gasteiger charge is 2.67. The van der Waals surface area contributed by atoms with E-state index >= 15 is 0 Å². The number of para-hydroxylation sites is 1. The van der Waals surface area contributed by atoms with Crippen LogP contribution in [0.5, 0.6) is 0 Å². The summed E-state index contributed by atoms with van der Waals surface area (Å²) in [6, 6.07) is 5.64. The molecule has 152 valence electrons. The van der Waals surface area contributed by atoms with Gasteiger partial charge in [0.05, 0.1) is 11.1 Å². The molecule has 3 rings (SSSR count). The molecule has 2 aromatic heterocycles. The Morgan fingerprint density at radius 1 is 0.964 bits per heavy atom. The molecular weight excluding hydrogens is 420 g/mol.